The van der Waals surface area contributed by atoms with Crippen molar-refractivity contribution in [2.75, 3.05) is 0 Å². The number of ketones is 1. The van der Waals surface area contributed by atoms with E-state index in [1.807, 2.05) is 54.6 Å². The van der Waals surface area contributed by atoms with E-state index in [2.05, 4.69) is 0 Å². The molecule has 1 N–H and O–H groups in total. The van der Waals surface area contributed by atoms with Crippen LogP contribution in [0.2, 0.25) is 0 Å². The van der Waals surface area contributed by atoms with Crippen LogP contribution in [0.15, 0.2) is 60.7 Å². The molecule has 98 valence electrons. The van der Waals surface area contributed by atoms with E-state index in [1.165, 1.54) is 0 Å². The van der Waals surface area contributed by atoms with Crippen molar-refractivity contribution in [3.8, 4) is 16.9 Å². The average molecular weight is 262 g/mol. The molecule has 0 bridgehead atoms. The van der Waals surface area contributed by atoms with Gasteiger partial charge in [0.25, 0.3) is 0 Å². The Morgan fingerprint density at radius 1 is 0.900 bits per heavy atom. The number of aromatic hydroxyl groups is 1. The normalized spacial score (nSPS) is 10.7. The SMILES string of the molecule is CC(=O)c1c(-c2ccccc2)cc(O)c2ccccc12. The van der Waals surface area contributed by atoms with Crippen molar-refractivity contribution in [3.05, 3.63) is 66.2 Å². The van der Waals surface area contributed by atoms with Gasteiger partial charge < -0.3 is 5.11 Å². The van der Waals surface area contributed by atoms with Crippen LogP contribution in [-0.4, -0.2) is 10.9 Å². The molecule has 0 unspecified atom stereocenters. The minimum atomic E-state index is 0.0000491. The van der Waals surface area contributed by atoms with Crippen molar-refractivity contribution in [2.24, 2.45) is 0 Å². The molecule has 0 aliphatic rings. The number of fused-ring (bicyclic) bond motifs is 1. The van der Waals surface area contributed by atoms with Crippen molar-refractivity contribution in [1.82, 2.24) is 0 Å². The van der Waals surface area contributed by atoms with Crippen LogP contribution in [0.3, 0.4) is 0 Å². The number of hydrogen-bond acceptors (Lipinski definition) is 2. The fourth-order valence-electron chi connectivity index (χ4n) is 2.58. The summed E-state index contributed by atoms with van der Waals surface area (Å²) in [4.78, 5) is 12.1. The monoisotopic (exact) mass is 262 g/mol. The second kappa shape index (κ2) is 4.82. The van der Waals surface area contributed by atoms with Crippen molar-refractivity contribution in [3.63, 3.8) is 0 Å². The first-order valence-corrected chi connectivity index (χ1v) is 6.49. The van der Waals surface area contributed by atoms with Gasteiger partial charge in [-0.2, -0.15) is 0 Å². The van der Waals surface area contributed by atoms with Crippen LogP contribution >= 0.6 is 0 Å². The van der Waals surface area contributed by atoms with Gasteiger partial charge in [0.2, 0.25) is 0 Å². The predicted octanol–water partition coefficient (Wildman–Crippen LogP) is 4.42. The molecule has 3 aromatic rings. The van der Waals surface area contributed by atoms with Crippen LogP contribution in [0.25, 0.3) is 21.9 Å². The lowest BCUT2D eigenvalue weighted by Gasteiger charge is -2.12. The van der Waals surface area contributed by atoms with Crippen LogP contribution < -0.4 is 0 Å². The molecule has 0 aliphatic carbocycles. The second-order valence-electron chi connectivity index (χ2n) is 4.79. The Morgan fingerprint density at radius 2 is 1.50 bits per heavy atom. The van der Waals surface area contributed by atoms with Gasteiger partial charge in [0, 0.05) is 10.9 Å². The molecule has 0 spiro atoms. The summed E-state index contributed by atoms with van der Waals surface area (Å²) in [7, 11) is 0. The third kappa shape index (κ3) is 1.95. The van der Waals surface area contributed by atoms with E-state index < -0.39 is 0 Å². The van der Waals surface area contributed by atoms with Crippen LogP contribution in [0.5, 0.6) is 5.75 Å². The van der Waals surface area contributed by atoms with Gasteiger partial charge in [0.05, 0.1) is 0 Å². The van der Waals surface area contributed by atoms with Crippen LogP contribution in [-0.2, 0) is 0 Å². The Bertz CT molecular complexity index is 789. The maximum atomic E-state index is 12.1. The summed E-state index contributed by atoms with van der Waals surface area (Å²) in [5.74, 6) is 0.199. The smallest absolute Gasteiger partial charge is 0.161 e. The maximum absolute atomic E-state index is 12.1. The first-order valence-electron chi connectivity index (χ1n) is 6.49. The summed E-state index contributed by atoms with van der Waals surface area (Å²) in [6.07, 6.45) is 0. The molecule has 0 aliphatic heterocycles. The van der Waals surface area contributed by atoms with Crippen molar-refractivity contribution in [1.29, 1.82) is 0 Å². The average Bonchev–Trinajstić information content (AvgIpc) is 2.47. The van der Waals surface area contributed by atoms with Gasteiger partial charge in [-0.05, 0) is 29.5 Å². The quantitative estimate of drug-likeness (QED) is 0.694. The highest BCUT2D eigenvalue weighted by Gasteiger charge is 2.15. The zero-order valence-electron chi connectivity index (χ0n) is 11.1. The van der Waals surface area contributed by atoms with Crippen LogP contribution in [0, 0.1) is 0 Å². The topological polar surface area (TPSA) is 37.3 Å². The minimum absolute atomic E-state index is 0.0000491. The molecule has 2 heteroatoms. The summed E-state index contributed by atoms with van der Waals surface area (Å²) < 4.78 is 0. The number of phenols is 1. The Hall–Kier alpha value is -2.61. The fourth-order valence-corrected chi connectivity index (χ4v) is 2.58. The van der Waals surface area contributed by atoms with Gasteiger partial charge in [-0.25, -0.2) is 0 Å². The highest BCUT2D eigenvalue weighted by atomic mass is 16.3. The first kappa shape index (κ1) is 12.4. The zero-order chi connectivity index (χ0) is 14.1. The second-order valence-corrected chi connectivity index (χ2v) is 4.79. The molecule has 0 heterocycles. The molecule has 3 aromatic carbocycles. The van der Waals surface area contributed by atoms with Crippen LogP contribution in [0.1, 0.15) is 17.3 Å². The highest BCUT2D eigenvalue weighted by Crippen LogP contribution is 2.36. The lowest BCUT2D eigenvalue weighted by atomic mass is 9.91. The summed E-state index contributed by atoms with van der Waals surface area (Å²) in [6.45, 7) is 1.56. The summed E-state index contributed by atoms with van der Waals surface area (Å²) in [6, 6.07) is 18.8. The van der Waals surface area contributed by atoms with E-state index >= 15 is 0 Å². The minimum Gasteiger partial charge on any atom is -0.507 e. The molecule has 0 aromatic heterocycles. The van der Waals surface area contributed by atoms with E-state index in [0.29, 0.717) is 10.9 Å². The molecule has 0 atom stereocenters. The largest absolute Gasteiger partial charge is 0.507 e. The van der Waals surface area contributed by atoms with Gasteiger partial charge in [0.15, 0.2) is 5.78 Å². The Balaban J connectivity index is 2.43. The predicted molar refractivity (Wildman–Crippen MR) is 81.1 cm³/mol. The number of carbonyl (C=O) groups is 1. The molecule has 0 saturated heterocycles. The lowest BCUT2D eigenvalue weighted by Crippen LogP contribution is -1.98. The highest BCUT2D eigenvalue weighted by molar-refractivity contribution is 6.13. The summed E-state index contributed by atoms with van der Waals surface area (Å²) >= 11 is 0. The molecule has 0 radical (unpaired) electrons. The van der Waals surface area contributed by atoms with Crippen LogP contribution in [0.4, 0.5) is 0 Å². The Labute approximate surface area is 117 Å². The first-order chi connectivity index (χ1) is 9.68. The maximum Gasteiger partial charge on any atom is 0.161 e. The molecular formula is C18H14O2. The molecule has 2 nitrogen and oxygen atoms in total. The number of benzene rings is 3. The molecule has 0 amide bonds. The van der Waals surface area contributed by atoms with Gasteiger partial charge >= 0.3 is 0 Å². The molecule has 0 saturated carbocycles. The van der Waals surface area contributed by atoms with E-state index in [4.69, 9.17) is 0 Å². The Kier molecular flexibility index (Phi) is 2.99. The number of carbonyl (C=O) groups excluding carboxylic acids is 1. The number of phenolic OH excluding ortho intramolecular Hbond substituents is 1. The standard InChI is InChI=1S/C18H14O2/c1-12(19)18-15-10-6-5-9-14(15)17(20)11-16(18)13-7-3-2-4-8-13/h2-11,20H,1H3. The molecule has 20 heavy (non-hydrogen) atoms. The molecule has 3 rings (SSSR count). The molecule has 0 fully saturated rings. The number of Topliss-reactive ketones (excluding diaryl/α,β-unsaturated/α-hetero) is 1. The summed E-state index contributed by atoms with van der Waals surface area (Å²) in [5, 5.41) is 11.7. The van der Waals surface area contributed by atoms with Crippen molar-refractivity contribution < 1.29 is 9.90 Å². The van der Waals surface area contributed by atoms with E-state index in [1.54, 1.807) is 13.0 Å². The van der Waals surface area contributed by atoms with Gasteiger partial charge in [0.1, 0.15) is 5.75 Å². The number of hydrogen-bond donors (Lipinski definition) is 1. The third-order valence-electron chi connectivity index (χ3n) is 3.46. The van der Waals surface area contributed by atoms with E-state index in [9.17, 15) is 9.90 Å². The summed E-state index contributed by atoms with van der Waals surface area (Å²) in [5.41, 5.74) is 2.36. The van der Waals surface area contributed by atoms with E-state index in [-0.39, 0.29) is 11.5 Å². The zero-order valence-corrected chi connectivity index (χ0v) is 11.1. The van der Waals surface area contributed by atoms with Gasteiger partial charge in [-0.3, -0.25) is 4.79 Å². The van der Waals surface area contributed by atoms with Crippen molar-refractivity contribution >= 4 is 16.6 Å². The molecular weight excluding hydrogens is 248 g/mol. The number of rotatable bonds is 2. The van der Waals surface area contributed by atoms with Gasteiger partial charge in [-0.1, -0.05) is 54.6 Å². The lowest BCUT2D eigenvalue weighted by molar-refractivity contribution is 0.102. The third-order valence-corrected chi connectivity index (χ3v) is 3.46. The van der Waals surface area contributed by atoms with Gasteiger partial charge in [-0.15, -0.1) is 0 Å². The van der Waals surface area contributed by atoms with Crippen molar-refractivity contribution in [2.45, 2.75) is 6.92 Å². The Morgan fingerprint density at radius 3 is 2.15 bits per heavy atom. The van der Waals surface area contributed by atoms with E-state index in [0.717, 1.165) is 16.5 Å². The fraction of sp³-hybridized carbons (Fsp3) is 0.0556.